The fourth-order valence-corrected chi connectivity index (χ4v) is 3.94. The lowest BCUT2D eigenvalue weighted by Gasteiger charge is -2.32. The summed E-state index contributed by atoms with van der Waals surface area (Å²) < 4.78 is 3.12. The van der Waals surface area contributed by atoms with Gasteiger partial charge in [-0.15, -0.1) is 11.3 Å². The number of aromatic amines is 1. The highest BCUT2D eigenvalue weighted by atomic mass is 32.1. The summed E-state index contributed by atoms with van der Waals surface area (Å²) >= 11 is 6.87. The highest BCUT2D eigenvalue weighted by molar-refractivity contribution is 7.71. The van der Waals surface area contributed by atoms with Crippen LogP contribution in [0.5, 0.6) is 0 Å². The number of likely N-dealkylation sites (N-methyl/N-ethyl adjacent to an activating group) is 1. The third-order valence-electron chi connectivity index (χ3n) is 3.83. The van der Waals surface area contributed by atoms with Crippen LogP contribution in [0.25, 0.3) is 10.2 Å². The van der Waals surface area contributed by atoms with Crippen molar-refractivity contribution in [1.29, 1.82) is 0 Å². The zero-order valence-corrected chi connectivity index (χ0v) is 12.5. The molecule has 0 aromatic carbocycles. The molecule has 3 rings (SSSR count). The fourth-order valence-electron chi connectivity index (χ4n) is 2.81. The lowest BCUT2D eigenvalue weighted by molar-refractivity contribution is 0.182. The number of rotatable bonds is 2. The average molecular weight is 295 g/mol. The summed E-state index contributed by atoms with van der Waals surface area (Å²) in [5.74, 6) is 0. The summed E-state index contributed by atoms with van der Waals surface area (Å²) in [6.07, 6.45) is 2.16. The molecule has 1 atom stereocenters. The van der Waals surface area contributed by atoms with Gasteiger partial charge in [0.25, 0.3) is 5.56 Å². The summed E-state index contributed by atoms with van der Waals surface area (Å²) in [6, 6.07) is 2.12. The van der Waals surface area contributed by atoms with Gasteiger partial charge in [0.05, 0.1) is 11.6 Å². The molecule has 102 valence electrons. The monoisotopic (exact) mass is 295 g/mol. The molecule has 0 bridgehead atoms. The van der Waals surface area contributed by atoms with E-state index in [9.17, 15) is 4.79 Å². The SMILES string of the molecule is CCN1CCCC(n2c(=S)[nH]c3ccsc3c2=O)C1. The molecule has 19 heavy (non-hydrogen) atoms. The van der Waals surface area contributed by atoms with Gasteiger partial charge in [-0.25, -0.2) is 0 Å². The second-order valence-electron chi connectivity index (χ2n) is 4.96. The molecule has 1 N–H and O–H groups in total. The van der Waals surface area contributed by atoms with Crippen LogP contribution in [0, 0.1) is 4.77 Å². The average Bonchev–Trinajstić information content (AvgIpc) is 2.87. The van der Waals surface area contributed by atoms with E-state index < -0.39 is 0 Å². The largest absolute Gasteiger partial charge is 0.331 e. The van der Waals surface area contributed by atoms with Crippen LogP contribution in [0.3, 0.4) is 0 Å². The van der Waals surface area contributed by atoms with Gasteiger partial charge in [0.15, 0.2) is 4.77 Å². The standard InChI is InChI=1S/C13H17N3OS2/c1-2-15-6-3-4-9(8-15)16-12(17)11-10(5-7-19-11)14-13(16)18/h5,7,9H,2-4,6,8H2,1H3,(H,14,18). The summed E-state index contributed by atoms with van der Waals surface area (Å²) in [4.78, 5) is 18.1. The maximum absolute atomic E-state index is 12.6. The van der Waals surface area contributed by atoms with Crippen LogP contribution < -0.4 is 5.56 Å². The molecule has 3 heterocycles. The molecule has 1 aliphatic heterocycles. The number of likely N-dealkylation sites (tertiary alicyclic amines) is 1. The first-order chi connectivity index (χ1) is 9.20. The van der Waals surface area contributed by atoms with Crippen LogP contribution in [0.4, 0.5) is 0 Å². The van der Waals surface area contributed by atoms with Crippen molar-refractivity contribution in [3.63, 3.8) is 0 Å². The van der Waals surface area contributed by atoms with Gasteiger partial charge in [-0.05, 0) is 49.6 Å². The number of H-pyrrole nitrogens is 1. The molecule has 0 spiro atoms. The minimum atomic E-state index is 0.0664. The molecule has 1 aliphatic rings. The van der Waals surface area contributed by atoms with E-state index in [-0.39, 0.29) is 11.6 Å². The summed E-state index contributed by atoms with van der Waals surface area (Å²) in [5, 5.41) is 1.93. The van der Waals surface area contributed by atoms with E-state index in [1.165, 1.54) is 11.3 Å². The number of nitrogens with zero attached hydrogens (tertiary/aromatic N) is 2. The van der Waals surface area contributed by atoms with Crippen molar-refractivity contribution in [3.8, 4) is 0 Å². The molecule has 1 fully saturated rings. The molecule has 0 saturated carbocycles. The van der Waals surface area contributed by atoms with Gasteiger partial charge in [0, 0.05) is 6.54 Å². The molecule has 6 heteroatoms. The van der Waals surface area contributed by atoms with Gasteiger partial charge in [-0.3, -0.25) is 9.36 Å². The second kappa shape index (κ2) is 5.19. The topological polar surface area (TPSA) is 41.0 Å². The maximum Gasteiger partial charge on any atom is 0.272 e. The second-order valence-corrected chi connectivity index (χ2v) is 6.26. The third kappa shape index (κ3) is 2.28. The number of thiophene rings is 1. The van der Waals surface area contributed by atoms with Crippen molar-refractivity contribution in [2.24, 2.45) is 0 Å². The van der Waals surface area contributed by atoms with Crippen molar-refractivity contribution in [2.75, 3.05) is 19.6 Å². The Morgan fingerprint density at radius 1 is 1.58 bits per heavy atom. The van der Waals surface area contributed by atoms with E-state index >= 15 is 0 Å². The number of hydrogen-bond acceptors (Lipinski definition) is 4. The van der Waals surface area contributed by atoms with Gasteiger partial charge in [-0.1, -0.05) is 6.92 Å². The van der Waals surface area contributed by atoms with Crippen LogP contribution in [0.15, 0.2) is 16.2 Å². The Bertz CT molecular complexity index is 700. The van der Waals surface area contributed by atoms with Crippen LogP contribution in [-0.2, 0) is 0 Å². The Kier molecular flexibility index (Phi) is 3.56. The van der Waals surface area contributed by atoms with Crippen LogP contribution in [-0.4, -0.2) is 34.1 Å². The van der Waals surface area contributed by atoms with Crippen LogP contribution >= 0.6 is 23.6 Å². The van der Waals surface area contributed by atoms with Crippen molar-refractivity contribution in [3.05, 3.63) is 26.6 Å². The number of hydrogen-bond donors (Lipinski definition) is 1. The summed E-state index contributed by atoms with van der Waals surface area (Å²) in [6.45, 7) is 5.24. The Labute approximate surface area is 120 Å². The van der Waals surface area contributed by atoms with Crippen LogP contribution in [0.1, 0.15) is 25.8 Å². The minimum absolute atomic E-state index is 0.0664. The summed E-state index contributed by atoms with van der Waals surface area (Å²) in [5.41, 5.74) is 0.927. The quantitative estimate of drug-likeness (QED) is 0.866. The fraction of sp³-hybridized carbons (Fsp3) is 0.538. The Hall–Kier alpha value is -0.980. The van der Waals surface area contributed by atoms with E-state index in [1.807, 2.05) is 11.4 Å². The molecule has 1 saturated heterocycles. The van der Waals surface area contributed by atoms with E-state index in [1.54, 1.807) is 4.57 Å². The lowest BCUT2D eigenvalue weighted by Crippen LogP contribution is -2.40. The molecule has 0 radical (unpaired) electrons. The van der Waals surface area contributed by atoms with Gasteiger partial charge in [-0.2, -0.15) is 0 Å². The first-order valence-corrected chi connectivity index (χ1v) is 7.94. The van der Waals surface area contributed by atoms with Gasteiger partial charge < -0.3 is 9.88 Å². The van der Waals surface area contributed by atoms with Crippen molar-refractivity contribution < 1.29 is 0 Å². The van der Waals surface area contributed by atoms with Crippen LogP contribution in [0.2, 0.25) is 0 Å². The third-order valence-corrected chi connectivity index (χ3v) is 5.03. The zero-order chi connectivity index (χ0) is 13.4. The van der Waals surface area contributed by atoms with Crippen molar-refractivity contribution in [2.45, 2.75) is 25.8 Å². The Morgan fingerprint density at radius 3 is 3.21 bits per heavy atom. The van der Waals surface area contributed by atoms with Crippen molar-refractivity contribution in [1.82, 2.24) is 14.5 Å². The molecular weight excluding hydrogens is 278 g/mol. The van der Waals surface area contributed by atoms with Gasteiger partial charge >= 0.3 is 0 Å². The lowest BCUT2D eigenvalue weighted by atomic mass is 10.1. The molecule has 4 nitrogen and oxygen atoms in total. The molecule has 0 aliphatic carbocycles. The predicted octanol–water partition coefficient (Wildman–Crippen LogP) is 2.78. The van der Waals surface area contributed by atoms with E-state index in [0.717, 1.165) is 42.7 Å². The first kappa shape index (κ1) is 13.0. The Morgan fingerprint density at radius 2 is 2.42 bits per heavy atom. The van der Waals surface area contributed by atoms with E-state index in [0.29, 0.717) is 4.77 Å². The van der Waals surface area contributed by atoms with Crippen molar-refractivity contribution >= 4 is 33.8 Å². The number of nitrogens with one attached hydrogen (secondary N) is 1. The van der Waals surface area contributed by atoms with E-state index in [4.69, 9.17) is 12.2 Å². The van der Waals surface area contributed by atoms with Gasteiger partial charge in [0.1, 0.15) is 4.70 Å². The minimum Gasteiger partial charge on any atom is -0.331 e. The molecule has 2 aromatic rings. The number of fused-ring (bicyclic) bond motifs is 1. The zero-order valence-electron chi connectivity index (χ0n) is 10.9. The molecule has 0 amide bonds. The first-order valence-electron chi connectivity index (χ1n) is 6.65. The smallest absolute Gasteiger partial charge is 0.272 e. The highest BCUT2D eigenvalue weighted by Crippen LogP contribution is 2.22. The normalized spacial score (nSPS) is 21.0. The molecule has 1 unspecified atom stereocenters. The summed E-state index contributed by atoms with van der Waals surface area (Å²) in [7, 11) is 0. The van der Waals surface area contributed by atoms with Gasteiger partial charge in [0.2, 0.25) is 0 Å². The highest BCUT2D eigenvalue weighted by Gasteiger charge is 2.22. The maximum atomic E-state index is 12.6. The molecular formula is C13H17N3OS2. The molecule has 2 aromatic heterocycles. The predicted molar refractivity (Wildman–Crippen MR) is 81.7 cm³/mol. The number of aromatic nitrogens is 2. The number of piperidine rings is 1. The Balaban J connectivity index is 2.09. The van der Waals surface area contributed by atoms with E-state index in [2.05, 4.69) is 16.8 Å².